The third-order valence-electron chi connectivity index (χ3n) is 7.52. The molecule has 0 saturated carbocycles. The van der Waals surface area contributed by atoms with Crippen molar-refractivity contribution < 1.29 is 33.4 Å². The van der Waals surface area contributed by atoms with E-state index in [4.69, 9.17) is 9.47 Å². The summed E-state index contributed by atoms with van der Waals surface area (Å²) in [6.45, 7) is 7.18. The summed E-state index contributed by atoms with van der Waals surface area (Å²) >= 11 is 0. The van der Waals surface area contributed by atoms with E-state index in [-0.39, 0.29) is 36.3 Å². The molecule has 2 saturated heterocycles. The summed E-state index contributed by atoms with van der Waals surface area (Å²) in [5, 5.41) is 9.91. The average Bonchev–Trinajstić information content (AvgIpc) is 3.33. The molecule has 2 fully saturated rings. The molecular weight excluding hydrogens is 521 g/mol. The number of ether oxygens (including phenoxy) is 2. The lowest BCUT2D eigenvalue weighted by molar-refractivity contribution is -0.142. The largest absolute Gasteiger partial charge is 0.465 e. The predicted octanol–water partition coefficient (Wildman–Crippen LogP) is 2.93. The third-order valence-corrected chi connectivity index (χ3v) is 7.52. The third kappa shape index (κ3) is 6.72. The van der Waals surface area contributed by atoms with Gasteiger partial charge in [0.2, 0.25) is 5.91 Å². The molecule has 0 bridgehead atoms. The molecule has 0 spiro atoms. The SMILES string of the molecule is COCCCCn1c(C(=O)N(CC(C)C)[C@H]2C[C@@H](C(=O)N3CCOCC3)CN(C(=O)O)C2)nc2cccc(F)c21. The van der Waals surface area contributed by atoms with Gasteiger partial charge < -0.3 is 33.8 Å². The quantitative estimate of drug-likeness (QED) is 0.443. The summed E-state index contributed by atoms with van der Waals surface area (Å²) in [6, 6.07) is 4.05. The molecule has 4 rings (SSSR count). The van der Waals surface area contributed by atoms with Gasteiger partial charge in [-0.05, 0) is 37.3 Å². The number of para-hydroxylation sites is 1. The lowest BCUT2D eigenvalue weighted by Gasteiger charge is -2.43. The maximum Gasteiger partial charge on any atom is 0.407 e. The van der Waals surface area contributed by atoms with Crippen LogP contribution in [0.15, 0.2) is 18.2 Å². The van der Waals surface area contributed by atoms with E-state index in [2.05, 4.69) is 4.98 Å². The number of halogens is 1. The van der Waals surface area contributed by atoms with Crippen molar-refractivity contribution in [2.45, 2.75) is 45.7 Å². The zero-order valence-corrected chi connectivity index (χ0v) is 23.6. The molecule has 0 aliphatic carbocycles. The van der Waals surface area contributed by atoms with Gasteiger partial charge in [0, 0.05) is 53.0 Å². The fourth-order valence-corrected chi connectivity index (χ4v) is 5.63. The van der Waals surface area contributed by atoms with Crippen LogP contribution in [0.4, 0.5) is 9.18 Å². The van der Waals surface area contributed by atoms with Crippen LogP contribution in [0.2, 0.25) is 0 Å². The molecule has 220 valence electrons. The van der Waals surface area contributed by atoms with Crippen LogP contribution in [-0.2, 0) is 20.8 Å². The number of likely N-dealkylation sites (tertiary alicyclic amines) is 1. The Morgan fingerprint density at radius 2 is 1.93 bits per heavy atom. The number of nitrogens with zero attached hydrogens (tertiary/aromatic N) is 5. The zero-order chi connectivity index (χ0) is 28.8. The number of methoxy groups -OCH3 is 1. The molecule has 12 heteroatoms. The number of rotatable bonds is 10. The second-order valence-corrected chi connectivity index (χ2v) is 11.0. The molecule has 2 aliphatic heterocycles. The van der Waals surface area contributed by atoms with Crippen LogP contribution in [0.3, 0.4) is 0 Å². The van der Waals surface area contributed by atoms with Gasteiger partial charge in [-0.25, -0.2) is 14.2 Å². The first-order valence-corrected chi connectivity index (χ1v) is 14.0. The summed E-state index contributed by atoms with van der Waals surface area (Å²) in [4.78, 5) is 48.9. The summed E-state index contributed by atoms with van der Waals surface area (Å²) in [7, 11) is 1.62. The molecule has 0 unspecified atom stereocenters. The van der Waals surface area contributed by atoms with Gasteiger partial charge in [-0.1, -0.05) is 19.9 Å². The van der Waals surface area contributed by atoms with Crippen molar-refractivity contribution in [3.63, 3.8) is 0 Å². The van der Waals surface area contributed by atoms with Crippen LogP contribution in [0.25, 0.3) is 11.0 Å². The smallest absolute Gasteiger partial charge is 0.407 e. The number of aryl methyl sites for hydroxylation is 1. The van der Waals surface area contributed by atoms with Crippen molar-refractivity contribution in [2.75, 3.05) is 59.7 Å². The average molecular weight is 562 g/mol. The number of benzene rings is 1. The summed E-state index contributed by atoms with van der Waals surface area (Å²) < 4.78 is 27.1. The first-order valence-electron chi connectivity index (χ1n) is 14.0. The molecule has 2 atom stereocenters. The molecule has 11 nitrogen and oxygen atoms in total. The number of carbonyl (C=O) groups excluding carboxylic acids is 2. The Hall–Kier alpha value is -3.25. The van der Waals surface area contributed by atoms with Gasteiger partial charge in [0.25, 0.3) is 5.91 Å². The highest BCUT2D eigenvalue weighted by Gasteiger charge is 2.41. The van der Waals surface area contributed by atoms with E-state index in [9.17, 15) is 23.9 Å². The van der Waals surface area contributed by atoms with E-state index in [1.54, 1.807) is 33.6 Å². The van der Waals surface area contributed by atoms with Gasteiger partial charge in [-0.3, -0.25) is 9.59 Å². The molecule has 3 heterocycles. The number of unbranched alkanes of at least 4 members (excludes halogenated alkanes) is 1. The molecule has 2 aliphatic rings. The predicted molar refractivity (Wildman–Crippen MR) is 146 cm³/mol. The van der Waals surface area contributed by atoms with Crippen molar-refractivity contribution >= 4 is 28.9 Å². The van der Waals surface area contributed by atoms with Crippen LogP contribution in [-0.4, -0.2) is 113 Å². The zero-order valence-electron chi connectivity index (χ0n) is 23.6. The second kappa shape index (κ2) is 13.4. The van der Waals surface area contributed by atoms with Crippen molar-refractivity contribution in [3.05, 3.63) is 29.8 Å². The van der Waals surface area contributed by atoms with Gasteiger partial charge in [-0.15, -0.1) is 0 Å². The second-order valence-electron chi connectivity index (χ2n) is 11.0. The molecule has 2 aromatic rings. The number of carbonyl (C=O) groups is 3. The van der Waals surface area contributed by atoms with Gasteiger partial charge in [0.05, 0.1) is 30.7 Å². The molecule has 1 N–H and O–H groups in total. The van der Waals surface area contributed by atoms with Crippen LogP contribution >= 0.6 is 0 Å². The molecule has 1 aromatic heterocycles. The van der Waals surface area contributed by atoms with Crippen molar-refractivity contribution in [3.8, 4) is 0 Å². The minimum atomic E-state index is -1.13. The lowest BCUT2D eigenvalue weighted by atomic mass is 9.91. The molecule has 40 heavy (non-hydrogen) atoms. The Balaban J connectivity index is 1.67. The highest BCUT2D eigenvalue weighted by atomic mass is 19.1. The van der Waals surface area contributed by atoms with E-state index in [1.807, 2.05) is 13.8 Å². The monoisotopic (exact) mass is 561 g/mol. The number of aromatic nitrogens is 2. The van der Waals surface area contributed by atoms with E-state index in [1.165, 1.54) is 11.0 Å². The van der Waals surface area contributed by atoms with Crippen molar-refractivity contribution in [1.82, 2.24) is 24.3 Å². The molecule has 3 amide bonds. The Bertz CT molecular complexity index is 1200. The van der Waals surface area contributed by atoms with Crippen molar-refractivity contribution in [2.24, 2.45) is 11.8 Å². The van der Waals surface area contributed by atoms with Crippen LogP contribution in [0.5, 0.6) is 0 Å². The first kappa shape index (κ1) is 29.7. The van der Waals surface area contributed by atoms with E-state index < -0.39 is 29.8 Å². The summed E-state index contributed by atoms with van der Waals surface area (Å²) in [5.74, 6) is -1.39. The molecule has 1 aromatic carbocycles. The van der Waals surface area contributed by atoms with E-state index in [0.717, 1.165) is 6.42 Å². The van der Waals surface area contributed by atoms with Crippen LogP contribution in [0, 0.1) is 17.7 Å². The Kier molecular flexibility index (Phi) is 9.96. The number of hydrogen-bond acceptors (Lipinski definition) is 6. The molecule has 0 radical (unpaired) electrons. The van der Waals surface area contributed by atoms with Gasteiger partial charge >= 0.3 is 6.09 Å². The number of morpholine rings is 1. The topological polar surface area (TPSA) is 117 Å². The van der Waals surface area contributed by atoms with Gasteiger partial charge in [-0.2, -0.15) is 0 Å². The first-order chi connectivity index (χ1) is 19.2. The standard InChI is InChI=1S/C28H40FN5O6/c1-19(2)16-34(21-15-20(17-32(18-21)28(37)38)26(35)31-10-13-40-14-11-31)27(36)25-30-23-8-6-7-22(29)24(23)33(25)9-4-5-12-39-3/h6-8,19-21H,4-5,9-18H2,1-3H3,(H,37,38)/t20-,21+/m1/s1. The minimum Gasteiger partial charge on any atom is -0.465 e. The molecular formula is C28H40FN5O6. The van der Waals surface area contributed by atoms with Gasteiger partial charge in [0.1, 0.15) is 11.3 Å². The van der Waals surface area contributed by atoms with Crippen molar-refractivity contribution in [1.29, 1.82) is 0 Å². The minimum absolute atomic E-state index is 0.0637. The Morgan fingerprint density at radius 1 is 1.18 bits per heavy atom. The Labute approximate surface area is 233 Å². The highest BCUT2D eigenvalue weighted by Crippen LogP contribution is 2.28. The van der Waals surface area contributed by atoms with Crippen LogP contribution < -0.4 is 0 Å². The number of fused-ring (bicyclic) bond motifs is 1. The summed E-state index contributed by atoms with van der Waals surface area (Å²) in [6.07, 6.45) is 0.592. The number of hydrogen-bond donors (Lipinski definition) is 1. The van der Waals surface area contributed by atoms with E-state index in [0.29, 0.717) is 64.4 Å². The Morgan fingerprint density at radius 3 is 2.60 bits per heavy atom. The van der Waals surface area contributed by atoms with Gasteiger partial charge in [0.15, 0.2) is 5.82 Å². The normalized spacial score (nSPS) is 19.8. The van der Waals surface area contributed by atoms with Crippen LogP contribution in [0.1, 0.15) is 43.7 Å². The van der Waals surface area contributed by atoms with E-state index >= 15 is 0 Å². The lowest BCUT2D eigenvalue weighted by Crippen LogP contribution is -2.58. The maximum absolute atomic E-state index is 15.0. The fraction of sp³-hybridized carbons (Fsp3) is 0.643. The number of amides is 3. The summed E-state index contributed by atoms with van der Waals surface area (Å²) in [5.41, 5.74) is 0.653. The number of imidazole rings is 1. The fourth-order valence-electron chi connectivity index (χ4n) is 5.63. The number of carboxylic acid groups (broad SMARTS) is 1. The number of piperidine rings is 1. The highest BCUT2D eigenvalue weighted by molar-refractivity contribution is 5.95. The maximum atomic E-state index is 15.0.